The molecule has 3 heterocycles. The molecule has 0 aliphatic carbocycles. The zero-order valence-electron chi connectivity index (χ0n) is 15.6. The SMILES string of the molecule is O=C(c1cn(CC2CCCN(Cc3ccccc3O)C2)nn1)N1CCCC1. The van der Waals surface area contributed by atoms with Crippen molar-refractivity contribution in [2.24, 2.45) is 5.92 Å². The number of aromatic hydroxyl groups is 1. The van der Waals surface area contributed by atoms with Gasteiger partial charge in [-0.1, -0.05) is 23.4 Å². The van der Waals surface area contributed by atoms with Crippen molar-refractivity contribution in [1.29, 1.82) is 0 Å². The predicted octanol–water partition coefficient (Wildman–Crippen LogP) is 2.13. The van der Waals surface area contributed by atoms with Crippen LogP contribution in [-0.2, 0) is 13.1 Å². The van der Waals surface area contributed by atoms with E-state index < -0.39 is 0 Å². The van der Waals surface area contributed by atoms with E-state index in [1.807, 2.05) is 27.8 Å². The highest BCUT2D eigenvalue weighted by atomic mass is 16.3. The number of nitrogens with zero attached hydrogens (tertiary/aromatic N) is 5. The minimum absolute atomic E-state index is 0.00331. The Morgan fingerprint density at radius 1 is 1.15 bits per heavy atom. The van der Waals surface area contributed by atoms with E-state index in [-0.39, 0.29) is 5.91 Å². The van der Waals surface area contributed by atoms with Crippen LogP contribution >= 0.6 is 0 Å². The first-order valence-corrected chi connectivity index (χ1v) is 9.87. The Kier molecular flexibility index (Phi) is 5.38. The average Bonchev–Trinajstić information content (AvgIpc) is 3.36. The van der Waals surface area contributed by atoms with Gasteiger partial charge in [0, 0.05) is 38.3 Å². The van der Waals surface area contributed by atoms with Gasteiger partial charge < -0.3 is 10.0 Å². The third kappa shape index (κ3) is 4.30. The summed E-state index contributed by atoms with van der Waals surface area (Å²) in [6.07, 6.45) is 6.23. The number of carbonyl (C=O) groups is 1. The average molecular weight is 369 g/mol. The van der Waals surface area contributed by atoms with Crippen LogP contribution in [0.15, 0.2) is 30.5 Å². The predicted molar refractivity (Wildman–Crippen MR) is 101 cm³/mol. The van der Waals surface area contributed by atoms with Crippen LogP contribution in [0.1, 0.15) is 41.7 Å². The number of carbonyl (C=O) groups excluding carboxylic acids is 1. The van der Waals surface area contributed by atoms with Crippen LogP contribution in [0.4, 0.5) is 0 Å². The van der Waals surface area contributed by atoms with Crippen LogP contribution in [-0.4, -0.2) is 62.0 Å². The van der Waals surface area contributed by atoms with Crippen molar-refractivity contribution >= 4 is 5.91 Å². The molecule has 2 saturated heterocycles. The van der Waals surface area contributed by atoms with Gasteiger partial charge in [-0.05, 0) is 44.2 Å². The fraction of sp³-hybridized carbons (Fsp3) is 0.550. The number of hydrogen-bond acceptors (Lipinski definition) is 5. The molecule has 2 fully saturated rings. The zero-order valence-corrected chi connectivity index (χ0v) is 15.6. The van der Waals surface area contributed by atoms with E-state index in [0.29, 0.717) is 17.4 Å². The van der Waals surface area contributed by atoms with Crippen molar-refractivity contribution in [3.63, 3.8) is 0 Å². The van der Waals surface area contributed by atoms with E-state index in [0.717, 1.165) is 70.5 Å². The number of hydrogen-bond donors (Lipinski definition) is 1. The molecule has 7 heteroatoms. The third-order valence-corrected chi connectivity index (χ3v) is 5.58. The highest BCUT2D eigenvalue weighted by molar-refractivity contribution is 5.92. The normalized spacial score (nSPS) is 20.9. The van der Waals surface area contributed by atoms with E-state index in [2.05, 4.69) is 15.2 Å². The second-order valence-electron chi connectivity index (χ2n) is 7.70. The van der Waals surface area contributed by atoms with E-state index in [9.17, 15) is 9.90 Å². The van der Waals surface area contributed by atoms with Crippen molar-refractivity contribution in [2.75, 3.05) is 26.2 Å². The van der Waals surface area contributed by atoms with Gasteiger partial charge in [-0.15, -0.1) is 5.10 Å². The van der Waals surface area contributed by atoms with Gasteiger partial charge in [-0.2, -0.15) is 0 Å². The molecule has 0 saturated carbocycles. The first-order chi connectivity index (χ1) is 13.2. The fourth-order valence-corrected chi connectivity index (χ4v) is 4.16. The lowest BCUT2D eigenvalue weighted by Crippen LogP contribution is -2.36. The summed E-state index contributed by atoms with van der Waals surface area (Å²) in [7, 11) is 0. The summed E-state index contributed by atoms with van der Waals surface area (Å²) in [5.41, 5.74) is 1.43. The quantitative estimate of drug-likeness (QED) is 0.874. The second kappa shape index (κ2) is 8.08. The summed E-state index contributed by atoms with van der Waals surface area (Å²) in [5.74, 6) is 0.839. The van der Waals surface area contributed by atoms with Gasteiger partial charge >= 0.3 is 0 Å². The Bertz CT molecular complexity index is 784. The third-order valence-electron chi connectivity index (χ3n) is 5.58. The summed E-state index contributed by atoms with van der Waals surface area (Å²) in [4.78, 5) is 16.7. The number of amides is 1. The zero-order chi connectivity index (χ0) is 18.6. The largest absolute Gasteiger partial charge is 0.508 e. The molecule has 1 amide bonds. The number of para-hydroxylation sites is 1. The van der Waals surface area contributed by atoms with E-state index in [4.69, 9.17) is 0 Å². The van der Waals surface area contributed by atoms with Gasteiger partial charge in [0.05, 0.1) is 6.20 Å². The van der Waals surface area contributed by atoms with Gasteiger partial charge in [0.2, 0.25) is 0 Å². The standard InChI is InChI=1S/C20H27N5O2/c26-19-8-2-1-7-17(19)14-23-9-5-6-16(12-23)13-25-15-18(21-22-25)20(27)24-10-3-4-11-24/h1-2,7-8,15-16,26H,3-6,9-14H2. The van der Waals surface area contributed by atoms with Crippen LogP contribution < -0.4 is 0 Å². The van der Waals surface area contributed by atoms with Gasteiger partial charge in [-0.3, -0.25) is 14.4 Å². The molecule has 2 aliphatic heterocycles. The highest BCUT2D eigenvalue weighted by Crippen LogP contribution is 2.23. The number of likely N-dealkylation sites (tertiary alicyclic amines) is 2. The molecule has 7 nitrogen and oxygen atoms in total. The number of phenols is 1. The molecular formula is C20H27N5O2. The van der Waals surface area contributed by atoms with Crippen LogP contribution in [0.5, 0.6) is 5.75 Å². The number of benzene rings is 1. The minimum atomic E-state index is 0.00331. The Morgan fingerprint density at radius 2 is 1.96 bits per heavy atom. The first-order valence-electron chi connectivity index (χ1n) is 9.87. The van der Waals surface area contributed by atoms with Crippen LogP contribution in [0.3, 0.4) is 0 Å². The van der Waals surface area contributed by atoms with Gasteiger partial charge in [-0.25, -0.2) is 0 Å². The smallest absolute Gasteiger partial charge is 0.276 e. The van der Waals surface area contributed by atoms with Crippen molar-refractivity contribution in [3.8, 4) is 5.75 Å². The van der Waals surface area contributed by atoms with E-state index >= 15 is 0 Å². The summed E-state index contributed by atoms with van der Waals surface area (Å²) in [5, 5.41) is 18.3. The molecule has 1 atom stereocenters. The molecule has 0 spiro atoms. The van der Waals surface area contributed by atoms with Crippen molar-refractivity contribution < 1.29 is 9.90 Å². The molecule has 1 aromatic carbocycles. The van der Waals surface area contributed by atoms with Crippen LogP contribution in [0.25, 0.3) is 0 Å². The molecule has 1 unspecified atom stereocenters. The summed E-state index contributed by atoms with van der Waals surface area (Å²) in [6, 6.07) is 7.53. The molecule has 0 bridgehead atoms. The lowest BCUT2D eigenvalue weighted by Gasteiger charge is -2.32. The van der Waals surface area contributed by atoms with E-state index in [1.54, 1.807) is 12.3 Å². The Balaban J connectivity index is 1.34. The first kappa shape index (κ1) is 18.0. The van der Waals surface area contributed by atoms with Crippen LogP contribution in [0, 0.1) is 5.92 Å². The van der Waals surface area contributed by atoms with Gasteiger partial charge in [0.15, 0.2) is 5.69 Å². The Labute approximate surface area is 159 Å². The summed E-state index contributed by atoms with van der Waals surface area (Å²) >= 11 is 0. The maximum Gasteiger partial charge on any atom is 0.276 e. The van der Waals surface area contributed by atoms with E-state index in [1.165, 1.54) is 0 Å². The Morgan fingerprint density at radius 3 is 2.78 bits per heavy atom. The number of piperidine rings is 1. The molecule has 4 rings (SSSR count). The molecule has 1 N–H and O–H groups in total. The van der Waals surface area contributed by atoms with Crippen molar-refractivity contribution in [3.05, 3.63) is 41.7 Å². The minimum Gasteiger partial charge on any atom is -0.508 e. The molecule has 27 heavy (non-hydrogen) atoms. The lowest BCUT2D eigenvalue weighted by molar-refractivity contribution is 0.0787. The number of aromatic nitrogens is 3. The van der Waals surface area contributed by atoms with Gasteiger partial charge in [0.1, 0.15) is 5.75 Å². The molecule has 1 aromatic heterocycles. The molecular weight excluding hydrogens is 342 g/mol. The topological polar surface area (TPSA) is 74.5 Å². The maximum absolute atomic E-state index is 12.4. The lowest BCUT2D eigenvalue weighted by atomic mass is 9.97. The van der Waals surface area contributed by atoms with Gasteiger partial charge in [0.25, 0.3) is 5.91 Å². The number of rotatable bonds is 5. The molecule has 2 aromatic rings. The monoisotopic (exact) mass is 369 g/mol. The van der Waals surface area contributed by atoms with Crippen molar-refractivity contribution in [2.45, 2.75) is 38.8 Å². The second-order valence-corrected chi connectivity index (χ2v) is 7.70. The molecule has 2 aliphatic rings. The Hall–Kier alpha value is -2.41. The maximum atomic E-state index is 12.4. The fourth-order valence-electron chi connectivity index (χ4n) is 4.16. The number of phenolic OH excluding ortho intramolecular Hbond substituents is 1. The molecule has 144 valence electrons. The summed E-state index contributed by atoms with van der Waals surface area (Å²) in [6.45, 7) is 5.20. The highest BCUT2D eigenvalue weighted by Gasteiger charge is 2.24. The summed E-state index contributed by atoms with van der Waals surface area (Å²) < 4.78 is 1.82. The van der Waals surface area contributed by atoms with Crippen molar-refractivity contribution in [1.82, 2.24) is 24.8 Å². The molecule has 0 radical (unpaired) electrons. The van der Waals surface area contributed by atoms with Crippen LogP contribution in [0.2, 0.25) is 0 Å².